The van der Waals surface area contributed by atoms with E-state index in [2.05, 4.69) is 40.7 Å². The molecule has 1 saturated heterocycles. The highest BCUT2D eigenvalue weighted by molar-refractivity contribution is 9.10. The van der Waals surface area contributed by atoms with Crippen molar-refractivity contribution in [2.45, 2.75) is 32.7 Å². The minimum Gasteiger partial charge on any atom is -0.399 e. The highest BCUT2D eigenvalue weighted by atomic mass is 79.9. The number of halogens is 1. The Bertz CT molecular complexity index is 378. The Morgan fingerprint density at radius 1 is 1.38 bits per heavy atom. The van der Waals surface area contributed by atoms with Crippen LogP contribution in [-0.4, -0.2) is 12.6 Å². The summed E-state index contributed by atoms with van der Waals surface area (Å²) < 4.78 is 1.11. The van der Waals surface area contributed by atoms with Gasteiger partial charge in [-0.05, 0) is 59.8 Å². The first-order valence-electron chi connectivity index (χ1n) is 5.91. The molecule has 2 unspecified atom stereocenters. The highest BCUT2D eigenvalue weighted by Crippen LogP contribution is 2.34. The fourth-order valence-corrected chi connectivity index (χ4v) is 3.06. The number of anilines is 2. The third-order valence-corrected chi connectivity index (χ3v) is 4.29. The van der Waals surface area contributed by atoms with Crippen molar-refractivity contribution >= 4 is 27.3 Å². The Hall–Kier alpha value is -0.700. The van der Waals surface area contributed by atoms with E-state index in [-0.39, 0.29) is 0 Å². The summed E-state index contributed by atoms with van der Waals surface area (Å²) in [7, 11) is 0. The molecule has 1 aliphatic heterocycles. The quantitative estimate of drug-likeness (QED) is 0.797. The lowest BCUT2D eigenvalue weighted by atomic mass is 9.91. The summed E-state index contributed by atoms with van der Waals surface area (Å²) in [6.07, 6.45) is 2.62. The molecule has 0 amide bonds. The molecule has 1 aliphatic rings. The number of hydrogen-bond donors (Lipinski definition) is 1. The Kier molecular flexibility index (Phi) is 3.43. The first-order valence-corrected chi connectivity index (χ1v) is 6.70. The van der Waals surface area contributed by atoms with Gasteiger partial charge in [0.15, 0.2) is 0 Å². The third kappa shape index (κ3) is 2.19. The van der Waals surface area contributed by atoms with Crippen LogP contribution in [0.2, 0.25) is 0 Å². The van der Waals surface area contributed by atoms with Crippen molar-refractivity contribution in [3.8, 4) is 0 Å². The number of nitrogens with zero attached hydrogens (tertiary/aromatic N) is 1. The SMILES string of the molecule is CC1CCCN(c2ccc(N)cc2Br)C1C. The molecular weight excluding hydrogens is 264 g/mol. The monoisotopic (exact) mass is 282 g/mol. The molecule has 2 nitrogen and oxygen atoms in total. The van der Waals surface area contributed by atoms with Crippen molar-refractivity contribution in [1.29, 1.82) is 0 Å². The van der Waals surface area contributed by atoms with Crippen molar-refractivity contribution in [3.05, 3.63) is 22.7 Å². The second kappa shape index (κ2) is 4.66. The molecule has 1 fully saturated rings. The van der Waals surface area contributed by atoms with E-state index in [1.807, 2.05) is 12.1 Å². The zero-order chi connectivity index (χ0) is 11.7. The third-order valence-electron chi connectivity index (χ3n) is 3.65. The van der Waals surface area contributed by atoms with Crippen molar-refractivity contribution < 1.29 is 0 Å². The molecule has 1 heterocycles. The average Bonchev–Trinajstić information content (AvgIpc) is 2.23. The zero-order valence-electron chi connectivity index (χ0n) is 9.91. The maximum absolute atomic E-state index is 5.77. The van der Waals surface area contributed by atoms with Crippen LogP contribution in [0.25, 0.3) is 0 Å². The van der Waals surface area contributed by atoms with Gasteiger partial charge in [-0.3, -0.25) is 0 Å². The number of rotatable bonds is 1. The molecule has 2 atom stereocenters. The van der Waals surface area contributed by atoms with Gasteiger partial charge < -0.3 is 10.6 Å². The van der Waals surface area contributed by atoms with E-state index in [1.54, 1.807) is 0 Å². The van der Waals surface area contributed by atoms with Crippen molar-refractivity contribution in [3.63, 3.8) is 0 Å². The topological polar surface area (TPSA) is 29.3 Å². The van der Waals surface area contributed by atoms with Gasteiger partial charge in [0.05, 0.1) is 5.69 Å². The summed E-state index contributed by atoms with van der Waals surface area (Å²) in [6.45, 7) is 5.79. The highest BCUT2D eigenvalue weighted by Gasteiger charge is 2.25. The van der Waals surface area contributed by atoms with Gasteiger partial charge in [-0.1, -0.05) is 6.92 Å². The van der Waals surface area contributed by atoms with Crippen LogP contribution in [-0.2, 0) is 0 Å². The maximum Gasteiger partial charge on any atom is 0.0514 e. The average molecular weight is 283 g/mol. The second-order valence-corrected chi connectivity index (χ2v) is 5.62. The summed E-state index contributed by atoms with van der Waals surface area (Å²) in [5, 5.41) is 0. The molecule has 0 radical (unpaired) electrons. The fourth-order valence-electron chi connectivity index (χ4n) is 2.43. The van der Waals surface area contributed by atoms with E-state index in [4.69, 9.17) is 5.73 Å². The predicted octanol–water partition coefficient (Wildman–Crippen LogP) is 3.66. The normalized spacial score (nSPS) is 25.8. The molecule has 88 valence electrons. The van der Waals surface area contributed by atoms with Crippen LogP contribution < -0.4 is 10.6 Å². The molecule has 2 N–H and O–H groups in total. The minimum atomic E-state index is 0.605. The van der Waals surface area contributed by atoms with E-state index in [0.717, 1.165) is 22.6 Å². The smallest absolute Gasteiger partial charge is 0.0514 e. The zero-order valence-corrected chi connectivity index (χ0v) is 11.5. The molecule has 16 heavy (non-hydrogen) atoms. The van der Waals surface area contributed by atoms with Gasteiger partial charge in [0, 0.05) is 22.7 Å². The summed E-state index contributed by atoms with van der Waals surface area (Å²) in [6, 6.07) is 6.69. The lowest BCUT2D eigenvalue weighted by Crippen LogP contribution is -2.42. The van der Waals surface area contributed by atoms with Gasteiger partial charge in [-0.25, -0.2) is 0 Å². The van der Waals surface area contributed by atoms with E-state index in [1.165, 1.54) is 18.5 Å². The van der Waals surface area contributed by atoms with Crippen LogP contribution in [0, 0.1) is 5.92 Å². The van der Waals surface area contributed by atoms with Gasteiger partial charge in [-0.15, -0.1) is 0 Å². The van der Waals surface area contributed by atoms with Gasteiger partial charge in [0.25, 0.3) is 0 Å². The van der Waals surface area contributed by atoms with E-state index < -0.39 is 0 Å². The summed E-state index contributed by atoms with van der Waals surface area (Å²) in [5.74, 6) is 0.762. The van der Waals surface area contributed by atoms with E-state index in [0.29, 0.717) is 6.04 Å². The van der Waals surface area contributed by atoms with Crippen LogP contribution in [0.4, 0.5) is 11.4 Å². The number of nitrogen functional groups attached to an aromatic ring is 1. The summed E-state index contributed by atoms with van der Waals surface area (Å²) in [4.78, 5) is 2.48. The molecule has 3 heteroatoms. The number of hydrogen-bond acceptors (Lipinski definition) is 2. The maximum atomic E-state index is 5.77. The lowest BCUT2D eigenvalue weighted by Gasteiger charge is -2.40. The van der Waals surface area contributed by atoms with Crippen molar-refractivity contribution in [1.82, 2.24) is 0 Å². The van der Waals surface area contributed by atoms with Crippen LogP contribution in [0.3, 0.4) is 0 Å². The Morgan fingerprint density at radius 3 is 2.81 bits per heavy atom. The second-order valence-electron chi connectivity index (χ2n) is 4.76. The number of nitrogens with two attached hydrogens (primary N) is 1. The fraction of sp³-hybridized carbons (Fsp3) is 0.538. The van der Waals surface area contributed by atoms with Gasteiger partial charge >= 0.3 is 0 Å². The predicted molar refractivity (Wildman–Crippen MR) is 73.8 cm³/mol. The molecule has 1 aromatic carbocycles. The summed E-state index contributed by atoms with van der Waals surface area (Å²) in [5.41, 5.74) is 7.86. The molecule has 0 aromatic heterocycles. The number of benzene rings is 1. The first-order chi connectivity index (χ1) is 7.59. The molecule has 0 bridgehead atoms. The van der Waals surface area contributed by atoms with Crippen LogP contribution >= 0.6 is 15.9 Å². The standard InChI is InChI=1S/C13H19BrN2/c1-9-4-3-7-16(10(9)2)13-6-5-11(15)8-12(13)14/h5-6,8-10H,3-4,7,15H2,1-2H3. The van der Waals surface area contributed by atoms with Crippen LogP contribution in [0.15, 0.2) is 22.7 Å². The summed E-state index contributed by atoms with van der Waals surface area (Å²) >= 11 is 3.61. The van der Waals surface area contributed by atoms with Gasteiger partial charge in [0.1, 0.15) is 0 Å². The Labute approximate surface area is 106 Å². The molecule has 0 aliphatic carbocycles. The molecule has 0 saturated carbocycles. The van der Waals surface area contributed by atoms with E-state index in [9.17, 15) is 0 Å². The van der Waals surface area contributed by atoms with Crippen molar-refractivity contribution in [2.75, 3.05) is 17.2 Å². The molecule has 0 spiro atoms. The van der Waals surface area contributed by atoms with Gasteiger partial charge in [0.2, 0.25) is 0 Å². The lowest BCUT2D eigenvalue weighted by molar-refractivity contribution is 0.363. The van der Waals surface area contributed by atoms with Crippen molar-refractivity contribution in [2.24, 2.45) is 5.92 Å². The van der Waals surface area contributed by atoms with Gasteiger partial charge in [-0.2, -0.15) is 0 Å². The van der Waals surface area contributed by atoms with Crippen LogP contribution in [0.1, 0.15) is 26.7 Å². The van der Waals surface area contributed by atoms with Crippen LogP contribution in [0.5, 0.6) is 0 Å². The van der Waals surface area contributed by atoms with E-state index >= 15 is 0 Å². The number of piperidine rings is 1. The first kappa shape index (κ1) is 11.8. The minimum absolute atomic E-state index is 0.605. The molecule has 2 rings (SSSR count). The largest absolute Gasteiger partial charge is 0.399 e. The molecule has 1 aromatic rings. The Morgan fingerprint density at radius 2 is 2.12 bits per heavy atom. The molecular formula is C13H19BrN2. The Balaban J connectivity index is 2.29.